The topological polar surface area (TPSA) is 162 Å². The first-order valence-corrected chi connectivity index (χ1v) is 17.6. The molecule has 49 heavy (non-hydrogen) atoms. The Bertz CT molecular complexity index is 1420. The Labute approximate surface area is 286 Å². The van der Waals surface area contributed by atoms with Crippen LogP contribution in [0.3, 0.4) is 0 Å². The zero-order valence-corrected chi connectivity index (χ0v) is 28.4. The van der Waals surface area contributed by atoms with Gasteiger partial charge in [0.25, 0.3) is 0 Å². The van der Waals surface area contributed by atoms with Crippen molar-refractivity contribution in [3.63, 3.8) is 0 Å². The molecule has 1 amide bonds. The number of fused-ring (bicyclic) bond motifs is 4. The van der Waals surface area contributed by atoms with Gasteiger partial charge in [0.15, 0.2) is 11.8 Å². The molecular formula is C36H48N2O11. The van der Waals surface area contributed by atoms with Crippen LogP contribution in [0.15, 0.2) is 30.5 Å². The van der Waals surface area contributed by atoms with Crippen LogP contribution < -0.4 is 5.32 Å². The van der Waals surface area contributed by atoms with Crippen molar-refractivity contribution in [2.24, 2.45) is 17.3 Å². The molecule has 13 heteroatoms. The van der Waals surface area contributed by atoms with Gasteiger partial charge in [0.2, 0.25) is 5.91 Å². The maximum absolute atomic E-state index is 14.6. The second-order valence-corrected chi connectivity index (χ2v) is 15.3. The van der Waals surface area contributed by atoms with Gasteiger partial charge < -0.3 is 39.2 Å². The van der Waals surface area contributed by atoms with E-state index in [9.17, 15) is 19.5 Å². The molecule has 6 fully saturated rings. The Morgan fingerprint density at radius 2 is 1.78 bits per heavy atom. The van der Waals surface area contributed by atoms with E-state index in [1.165, 1.54) is 6.26 Å². The normalized spacial score (nSPS) is 32.4. The molecule has 1 aromatic carbocycles. The number of hydrogen-bond donors (Lipinski definition) is 3. The van der Waals surface area contributed by atoms with Crippen molar-refractivity contribution >= 4 is 23.9 Å². The Morgan fingerprint density at radius 1 is 1.08 bits per heavy atom. The highest BCUT2D eigenvalue weighted by Crippen LogP contribution is 2.63. The highest BCUT2D eigenvalue weighted by molar-refractivity contribution is 5.93. The average Bonchev–Trinajstić information content (AvgIpc) is 4.00. The third kappa shape index (κ3) is 6.61. The lowest BCUT2D eigenvalue weighted by Crippen LogP contribution is -2.70. The minimum absolute atomic E-state index is 0.00160. The van der Waals surface area contributed by atoms with Crippen LogP contribution in [0.25, 0.3) is 6.08 Å². The van der Waals surface area contributed by atoms with Crippen molar-refractivity contribution in [1.29, 1.82) is 0 Å². The molecule has 0 spiro atoms. The van der Waals surface area contributed by atoms with Gasteiger partial charge in [0, 0.05) is 24.7 Å². The van der Waals surface area contributed by atoms with Crippen LogP contribution in [0.5, 0.6) is 0 Å². The largest absolute Gasteiger partial charge is 0.499 e. The van der Waals surface area contributed by atoms with Gasteiger partial charge in [0.05, 0.1) is 32.1 Å². The maximum atomic E-state index is 14.6. The number of ether oxygens (including phenoxy) is 5. The molecule has 3 saturated carbocycles. The molecule has 0 radical (unpaired) electrons. The molecule has 1 aromatic rings. The van der Waals surface area contributed by atoms with Crippen LogP contribution in [0.2, 0.25) is 0 Å². The number of carbonyl (C=O) groups excluding carboxylic acids is 3. The molecule has 13 nitrogen and oxygen atoms in total. The summed E-state index contributed by atoms with van der Waals surface area (Å²) >= 11 is 0. The van der Waals surface area contributed by atoms with E-state index in [4.69, 9.17) is 33.6 Å². The smallest absolute Gasteiger partial charge is 0.327 e. The first-order valence-electron chi connectivity index (χ1n) is 17.6. The number of carbonyl (C=O) groups is 3. The fourth-order valence-electron chi connectivity index (χ4n) is 8.04. The van der Waals surface area contributed by atoms with Gasteiger partial charge in [-0.05, 0) is 70.1 Å². The SMILES string of the molecule is CC(C)(C)OC(=O)CCC(CO)NC(=O)C12CC3OC(=O)C1N(Cc1ccc(C=COCCO)cc1)OC2C1OC(C2CC2)(C2CC2)OC31. The third-order valence-corrected chi connectivity index (χ3v) is 10.5. The lowest BCUT2D eigenvalue weighted by Gasteiger charge is -2.49. The van der Waals surface area contributed by atoms with Crippen LogP contribution >= 0.6 is 0 Å². The van der Waals surface area contributed by atoms with Crippen LogP contribution in [0, 0.1) is 17.3 Å². The van der Waals surface area contributed by atoms with Gasteiger partial charge in [-0.2, -0.15) is 5.06 Å². The second kappa shape index (κ2) is 13.2. The number of nitrogens with one attached hydrogen (secondary N) is 1. The first kappa shape index (κ1) is 34.4. The molecular weight excluding hydrogens is 636 g/mol. The molecule has 3 saturated heterocycles. The Kier molecular flexibility index (Phi) is 9.29. The zero-order chi connectivity index (χ0) is 34.6. The maximum Gasteiger partial charge on any atom is 0.327 e. The summed E-state index contributed by atoms with van der Waals surface area (Å²) in [6.45, 7) is 5.27. The number of aliphatic hydroxyl groups excluding tert-OH is 2. The van der Waals surface area contributed by atoms with E-state index in [2.05, 4.69) is 5.32 Å². The van der Waals surface area contributed by atoms with Gasteiger partial charge in [-0.25, -0.2) is 0 Å². The molecule has 0 aromatic heterocycles. The molecule has 2 bridgehead atoms. The fourth-order valence-corrected chi connectivity index (χ4v) is 8.04. The van der Waals surface area contributed by atoms with Crippen molar-refractivity contribution in [2.45, 2.75) is 120 Å². The summed E-state index contributed by atoms with van der Waals surface area (Å²) in [7, 11) is 0. The fraction of sp³-hybridized carbons (Fsp3) is 0.694. The lowest BCUT2D eigenvalue weighted by molar-refractivity contribution is -0.235. The van der Waals surface area contributed by atoms with Crippen molar-refractivity contribution in [3.05, 3.63) is 41.7 Å². The summed E-state index contributed by atoms with van der Waals surface area (Å²) in [6.07, 6.45) is 4.87. The first-order chi connectivity index (χ1) is 23.5. The van der Waals surface area contributed by atoms with E-state index < -0.39 is 77.8 Å². The summed E-state index contributed by atoms with van der Waals surface area (Å²) in [5.41, 5.74) is -0.325. The van der Waals surface area contributed by atoms with Crippen LogP contribution in [-0.2, 0) is 49.5 Å². The van der Waals surface area contributed by atoms with Crippen molar-refractivity contribution < 1.29 is 53.1 Å². The lowest BCUT2D eigenvalue weighted by atomic mass is 9.62. The second-order valence-electron chi connectivity index (χ2n) is 15.3. The molecule has 3 heterocycles. The summed E-state index contributed by atoms with van der Waals surface area (Å²) < 4.78 is 30.4. The number of esters is 2. The summed E-state index contributed by atoms with van der Waals surface area (Å²) in [6, 6.07) is 5.78. The Morgan fingerprint density at radius 3 is 2.41 bits per heavy atom. The van der Waals surface area contributed by atoms with Gasteiger partial charge in [-0.1, -0.05) is 24.3 Å². The minimum atomic E-state index is -1.39. The number of benzene rings is 1. The summed E-state index contributed by atoms with van der Waals surface area (Å²) in [5.74, 6) is -1.70. The van der Waals surface area contributed by atoms with Crippen LogP contribution in [0.1, 0.15) is 76.8 Å². The van der Waals surface area contributed by atoms with Crippen LogP contribution in [0.4, 0.5) is 0 Å². The van der Waals surface area contributed by atoms with Crippen molar-refractivity contribution in [3.8, 4) is 0 Å². The van der Waals surface area contributed by atoms with E-state index in [1.54, 1.807) is 31.9 Å². The van der Waals surface area contributed by atoms with Gasteiger partial charge in [0.1, 0.15) is 42.0 Å². The van der Waals surface area contributed by atoms with Crippen molar-refractivity contribution in [1.82, 2.24) is 10.4 Å². The monoisotopic (exact) mass is 684 g/mol. The molecule has 7 atom stereocenters. The van der Waals surface area contributed by atoms with E-state index in [0.29, 0.717) is 0 Å². The highest BCUT2D eigenvalue weighted by atomic mass is 16.8. The van der Waals surface area contributed by atoms with E-state index in [1.807, 2.05) is 24.3 Å². The predicted molar refractivity (Wildman–Crippen MR) is 172 cm³/mol. The molecule has 3 aliphatic carbocycles. The van der Waals surface area contributed by atoms with Crippen LogP contribution in [-0.4, -0.2) is 101 Å². The third-order valence-electron chi connectivity index (χ3n) is 10.5. The molecule has 3 N–H and O–H groups in total. The van der Waals surface area contributed by atoms with E-state index >= 15 is 0 Å². The molecule has 268 valence electrons. The molecule has 6 aliphatic rings. The zero-order valence-electron chi connectivity index (χ0n) is 28.4. The number of hydroxylamine groups is 2. The van der Waals surface area contributed by atoms with E-state index in [-0.39, 0.29) is 50.9 Å². The summed E-state index contributed by atoms with van der Waals surface area (Å²) in [4.78, 5) is 47.7. The predicted octanol–water partition coefficient (Wildman–Crippen LogP) is 2.37. The van der Waals surface area contributed by atoms with Gasteiger partial charge in [-0.15, -0.1) is 0 Å². The number of hydrogen-bond acceptors (Lipinski definition) is 12. The Balaban J connectivity index is 1.16. The average molecular weight is 685 g/mol. The van der Waals surface area contributed by atoms with E-state index in [0.717, 1.165) is 36.8 Å². The molecule has 7 unspecified atom stereocenters. The summed E-state index contributed by atoms with van der Waals surface area (Å²) in [5, 5.41) is 23.7. The van der Waals surface area contributed by atoms with Gasteiger partial charge >= 0.3 is 11.9 Å². The number of nitrogens with zero attached hydrogens (tertiary/aromatic N) is 1. The number of rotatable bonds is 14. The van der Waals surface area contributed by atoms with Crippen molar-refractivity contribution in [2.75, 3.05) is 19.8 Å². The highest BCUT2D eigenvalue weighted by Gasteiger charge is 2.78. The quantitative estimate of drug-likeness (QED) is 0.149. The number of aliphatic hydroxyl groups is 2. The standard InChI is InChI=1S/C36H48N2O11/c1-34(2,3)46-27(41)13-12-25(20-40)37-33(43)35-18-26-28-29(48-36(47-28,23-8-9-23)24-10-11-24)31(35)49-38(30(35)32(42)45-26)19-22-6-4-21(5-7-22)14-16-44-17-15-39/h4-7,14,16,23-26,28-31,39-40H,8-13,15,17-20H2,1-3H3,(H,37,43). The number of amides is 1. The Hall–Kier alpha value is -3.07. The molecule has 7 rings (SSSR count). The van der Waals surface area contributed by atoms with Gasteiger partial charge in [-0.3, -0.25) is 19.2 Å². The molecule has 3 aliphatic heterocycles. The minimum Gasteiger partial charge on any atom is -0.499 e.